The molecule has 0 aliphatic carbocycles. The van der Waals surface area contributed by atoms with Gasteiger partial charge in [0.15, 0.2) is 0 Å². The Bertz CT molecular complexity index is 188. The van der Waals surface area contributed by atoms with Crippen LogP contribution in [-0.4, -0.2) is 30.6 Å². The summed E-state index contributed by atoms with van der Waals surface area (Å²) in [4.78, 5) is 2.62. The summed E-state index contributed by atoms with van der Waals surface area (Å²) in [5.74, 6) is 2.34. The first-order valence-electron chi connectivity index (χ1n) is 7.82. The molecule has 1 atom stereocenters. The van der Waals surface area contributed by atoms with Crippen LogP contribution in [0.5, 0.6) is 0 Å². The second kappa shape index (κ2) is 9.80. The van der Waals surface area contributed by atoms with Crippen LogP contribution >= 0.6 is 0 Å². The molecule has 0 aliphatic heterocycles. The molecule has 0 saturated heterocycles. The highest BCUT2D eigenvalue weighted by atomic mass is 15.1. The van der Waals surface area contributed by atoms with Gasteiger partial charge in [-0.15, -0.1) is 0 Å². The second-order valence-electron chi connectivity index (χ2n) is 6.71. The van der Waals surface area contributed by atoms with Crippen molar-refractivity contribution >= 4 is 0 Å². The van der Waals surface area contributed by atoms with Gasteiger partial charge < -0.3 is 10.6 Å². The van der Waals surface area contributed by atoms with Crippen molar-refractivity contribution in [3.05, 3.63) is 0 Å². The van der Waals surface area contributed by atoms with Crippen molar-refractivity contribution in [2.75, 3.05) is 19.6 Å². The zero-order chi connectivity index (χ0) is 14.1. The van der Waals surface area contributed by atoms with E-state index in [1.165, 1.54) is 32.4 Å². The number of nitrogens with zero attached hydrogens (tertiary/aromatic N) is 1. The first-order chi connectivity index (χ1) is 8.38. The first kappa shape index (κ1) is 17.9. The SMILES string of the molecule is CC(C)CN(CCCC(CCN)C(C)C)C(C)C. The number of nitrogens with two attached hydrogens (primary N) is 1. The van der Waals surface area contributed by atoms with Gasteiger partial charge in [-0.1, -0.05) is 27.7 Å². The van der Waals surface area contributed by atoms with Crippen LogP contribution in [0.2, 0.25) is 0 Å². The zero-order valence-corrected chi connectivity index (χ0v) is 13.6. The van der Waals surface area contributed by atoms with E-state index in [1.807, 2.05) is 0 Å². The van der Waals surface area contributed by atoms with Crippen LogP contribution in [0.15, 0.2) is 0 Å². The normalized spacial score (nSPS) is 14.2. The number of hydrogen-bond acceptors (Lipinski definition) is 2. The van der Waals surface area contributed by atoms with Crippen molar-refractivity contribution in [3.8, 4) is 0 Å². The predicted octanol–water partition coefficient (Wildman–Crippen LogP) is 3.75. The van der Waals surface area contributed by atoms with Gasteiger partial charge in [-0.2, -0.15) is 0 Å². The summed E-state index contributed by atoms with van der Waals surface area (Å²) < 4.78 is 0. The molecule has 2 nitrogen and oxygen atoms in total. The summed E-state index contributed by atoms with van der Waals surface area (Å²) in [6.45, 7) is 17.2. The molecule has 0 aliphatic rings. The molecule has 0 rings (SSSR count). The van der Waals surface area contributed by atoms with E-state index >= 15 is 0 Å². The van der Waals surface area contributed by atoms with Gasteiger partial charge in [-0.25, -0.2) is 0 Å². The summed E-state index contributed by atoms with van der Waals surface area (Å²) in [5, 5.41) is 0. The van der Waals surface area contributed by atoms with Crippen molar-refractivity contribution in [1.82, 2.24) is 4.90 Å². The van der Waals surface area contributed by atoms with Gasteiger partial charge in [0.05, 0.1) is 0 Å². The topological polar surface area (TPSA) is 29.3 Å². The molecule has 0 spiro atoms. The third-order valence-electron chi connectivity index (χ3n) is 3.83. The molecule has 110 valence electrons. The largest absolute Gasteiger partial charge is 0.330 e. The molecular weight excluding hydrogens is 220 g/mol. The van der Waals surface area contributed by atoms with Crippen molar-refractivity contribution < 1.29 is 0 Å². The molecule has 0 radical (unpaired) electrons. The molecule has 0 bridgehead atoms. The lowest BCUT2D eigenvalue weighted by Crippen LogP contribution is -2.35. The molecule has 0 aromatic carbocycles. The molecule has 0 amide bonds. The third-order valence-corrected chi connectivity index (χ3v) is 3.83. The Morgan fingerprint density at radius 1 is 0.944 bits per heavy atom. The maximum Gasteiger partial charge on any atom is 0.00387 e. The van der Waals surface area contributed by atoms with E-state index < -0.39 is 0 Å². The van der Waals surface area contributed by atoms with Crippen LogP contribution in [-0.2, 0) is 0 Å². The molecule has 0 aromatic heterocycles. The highest BCUT2D eigenvalue weighted by Crippen LogP contribution is 2.21. The fraction of sp³-hybridized carbons (Fsp3) is 1.00. The summed E-state index contributed by atoms with van der Waals surface area (Å²) in [7, 11) is 0. The van der Waals surface area contributed by atoms with Gasteiger partial charge in [-0.3, -0.25) is 0 Å². The van der Waals surface area contributed by atoms with Gasteiger partial charge in [0.1, 0.15) is 0 Å². The lowest BCUT2D eigenvalue weighted by molar-refractivity contribution is 0.185. The van der Waals surface area contributed by atoms with E-state index in [2.05, 4.69) is 46.4 Å². The minimum absolute atomic E-state index is 0.666. The Morgan fingerprint density at radius 3 is 1.94 bits per heavy atom. The lowest BCUT2D eigenvalue weighted by atomic mass is 9.88. The van der Waals surface area contributed by atoms with Crippen molar-refractivity contribution in [1.29, 1.82) is 0 Å². The van der Waals surface area contributed by atoms with Crippen LogP contribution in [0.1, 0.15) is 60.8 Å². The fourth-order valence-corrected chi connectivity index (χ4v) is 2.61. The molecular formula is C16H36N2. The quantitative estimate of drug-likeness (QED) is 0.645. The summed E-state index contributed by atoms with van der Waals surface area (Å²) in [5.41, 5.74) is 5.70. The average molecular weight is 256 g/mol. The molecule has 0 heterocycles. The van der Waals surface area contributed by atoms with Crippen molar-refractivity contribution in [2.24, 2.45) is 23.5 Å². The Hall–Kier alpha value is -0.0800. The minimum atomic E-state index is 0.666. The van der Waals surface area contributed by atoms with Crippen LogP contribution in [0.3, 0.4) is 0 Å². The predicted molar refractivity (Wildman–Crippen MR) is 82.8 cm³/mol. The van der Waals surface area contributed by atoms with E-state index in [0.29, 0.717) is 6.04 Å². The van der Waals surface area contributed by atoms with E-state index in [1.54, 1.807) is 0 Å². The highest BCUT2D eigenvalue weighted by molar-refractivity contribution is 4.68. The first-order valence-corrected chi connectivity index (χ1v) is 7.82. The average Bonchev–Trinajstić information content (AvgIpc) is 2.25. The number of rotatable bonds is 10. The summed E-state index contributed by atoms with van der Waals surface area (Å²) in [6.07, 6.45) is 3.83. The van der Waals surface area contributed by atoms with Crippen LogP contribution in [0.4, 0.5) is 0 Å². The maximum atomic E-state index is 5.70. The van der Waals surface area contributed by atoms with Crippen LogP contribution in [0.25, 0.3) is 0 Å². The maximum absolute atomic E-state index is 5.70. The highest BCUT2D eigenvalue weighted by Gasteiger charge is 2.15. The Kier molecular flexibility index (Phi) is 9.76. The monoisotopic (exact) mass is 256 g/mol. The van der Waals surface area contributed by atoms with Crippen molar-refractivity contribution in [3.63, 3.8) is 0 Å². The Balaban J connectivity index is 4.03. The standard InChI is InChI=1S/C16H36N2/c1-13(2)12-18(15(5)6)11-7-8-16(9-10-17)14(3)4/h13-16H,7-12,17H2,1-6H3. The summed E-state index contributed by atoms with van der Waals surface area (Å²) in [6, 6.07) is 0.666. The third kappa shape index (κ3) is 8.10. The molecule has 2 heteroatoms. The number of hydrogen-bond donors (Lipinski definition) is 1. The van der Waals surface area contributed by atoms with Crippen molar-refractivity contribution in [2.45, 2.75) is 66.8 Å². The van der Waals surface area contributed by atoms with Gasteiger partial charge >= 0.3 is 0 Å². The van der Waals surface area contributed by atoms with Crippen LogP contribution < -0.4 is 5.73 Å². The lowest BCUT2D eigenvalue weighted by Gasteiger charge is -2.29. The van der Waals surface area contributed by atoms with Crippen LogP contribution in [0, 0.1) is 17.8 Å². The summed E-state index contributed by atoms with van der Waals surface area (Å²) >= 11 is 0. The molecule has 0 aromatic rings. The zero-order valence-electron chi connectivity index (χ0n) is 13.6. The van der Waals surface area contributed by atoms with Gasteiger partial charge in [0.2, 0.25) is 0 Å². The van der Waals surface area contributed by atoms with Gasteiger partial charge in [-0.05, 0) is 64.0 Å². The van der Waals surface area contributed by atoms with E-state index in [4.69, 9.17) is 5.73 Å². The molecule has 0 saturated carbocycles. The molecule has 1 unspecified atom stereocenters. The second-order valence-corrected chi connectivity index (χ2v) is 6.71. The molecule has 18 heavy (non-hydrogen) atoms. The Morgan fingerprint density at radius 2 is 1.56 bits per heavy atom. The van der Waals surface area contributed by atoms with E-state index in [0.717, 1.165) is 24.3 Å². The van der Waals surface area contributed by atoms with E-state index in [-0.39, 0.29) is 0 Å². The molecule has 0 fully saturated rings. The minimum Gasteiger partial charge on any atom is -0.330 e. The van der Waals surface area contributed by atoms with E-state index in [9.17, 15) is 0 Å². The van der Waals surface area contributed by atoms with Gasteiger partial charge in [0, 0.05) is 12.6 Å². The smallest absolute Gasteiger partial charge is 0.00387 e. The Labute approximate surface area is 115 Å². The van der Waals surface area contributed by atoms with Gasteiger partial charge in [0.25, 0.3) is 0 Å². The molecule has 2 N–H and O–H groups in total. The fourth-order valence-electron chi connectivity index (χ4n) is 2.61.